The Kier molecular flexibility index (Phi) is 5.63. The van der Waals surface area contributed by atoms with E-state index in [-0.39, 0.29) is 5.91 Å². The fourth-order valence-electron chi connectivity index (χ4n) is 1.36. The van der Waals surface area contributed by atoms with Gasteiger partial charge in [0.1, 0.15) is 0 Å². The number of nitrogens with zero attached hydrogens (tertiary/aromatic N) is 1. The molecule has 0 spiro atoms. The van der Waals surface area contributed by atoms with Crippen LogP contribution in [0.5, 0.6) is 0 Å². The molecule has 1 aromatic heterocycles. The summed E-state index contributed by atoms with van der Waals surface area (Å²) in [6.45, 7) is 6.95. The normalized spacial score (nSPS) is 12.2. The van der Waals surface area contributed by atoms with Gasteiger partial charge in [0.25, 0.3) is 0 Å². The second kappa shape index (κ2) is 7.01. The summed E-state index contributed by atoms with van der Waals surface area (Å²) < 4.78 is 0. The number of amides is 1. The third-order valence-electron chi connectivity index (χ3n) is 2.64. The number of aromatic nitrogens is 1. The molecule has 0 aliphatic carbocycles. The standard InChI is InChI=1S/C13H21N3O/c1-4-10(2)14-9-13(17)15-8-12-7-5-6-11(3)16-12/h5-7,10,14H,4,8-9H2,1-3H3,(H,15,17). The van der Waals surface area contributed by atoms with Crippen molar-refractivity contribution in [2.24, 2.45) is 0 Å². The van der Waals surface area contributed by atoms with Crippen LogP contribution in [0.15, 0.2) is 18.2 Å². The number of hydrogen-bond donors (Lipinski definition) is 2. The maximum Gasteiger partial charge on any atom is 0.234 e. The van der Waals surface area contributed by atoms with Crippen LogP contribution in [0.2, 0.25) is 0 Å². The Morgan fingerprint density at radius 3 is 2.88 bits per heavy atom. The van der Waals surface area contributed by atoms with E-state index in [4.69, 9.17) is 0 Å². The Morgan fingerprint density at radius 2 is 2.24 bits per heavy atom. The summed E-state index contributed by atoms with van der Waals surface area (Å²) in [4.78, 5) is 15.8. The molecule has 4 heteroatoms. The van der Waals surface area contributed by atoms with Gasteiger partial charge < -0.3 is 10.6 Å². The molecule has 0 fully saturated rings. The molecule has 0 saturated heterocycles. The topological polar surface area (TPSA) is 54.0 Å². The lowest BCUT2D eigenvalue weighted by molar-refractivity contribution is -0.120. The molecule has 1 heterocycles. The highest BCUT2D eigenvalue weighted by Crippen LogP contribution is 1.97. The van der Waals surface area contributed by atoms with Gasteiger partial charge in [0.05, 0.1) is 18.8 Å². The maximum absolute atomic E-state index is 11.5. The lowest BCUT2D eigenvalue weighted by atomic mass is 10.2. The van der Waals surface area contributed by atoms with Crippen LogP contribution in [0.25, 0.3) is 0 Å². The van der Waals surface area contributed by atoms with Crippen molar-refractivity contribution < 1.29 is 4.79 Å². The highest BCUT2D eigenvalue weighted by molar-refractivity contribution is 5.77. The third kappa shape index (κ3) is 5.45. The van der Waals surface area contributed by atoms with Crippen LogP contribution in [0.3, 0.4) is 0 Å². The minimum Gasteiger partial charge on any atom is -0.349 e. The van der Waals surface area contributed by atoms with Crippen molar-refractivity contribution in [3.05, 3.63) is 29.6 Å². The van der Waals surface area contributed by atoms with Crippen molar-refractivity contribution in [2.75, 3.05) is 6.54 Å². The van der Waals surface area contributed by atoms with E-state index in [0.29, 0.717) is 19.1 Å². The summed E-state index contributed by atoms with van der Waals surface area (Å²) in [6, 6.07) is 6.17. The largest absolute Gasteiger partial charge is 0.349 e. The lowest BCUT2D eigenvalue weighted by Gasteiger charge is -2.11. The Bertz CT molecular complexity index is 365. The number of aryl methyl sites for hydroxylation is 1. The number of rotatable bonds is 6. The molecule has 0 aromatic carbocycles. The first-order valence-corrected chi connectivity index (χ1v) is 6.04. The zero-order valence-electron chi connectivity index (χ0n) is 10.8. The summed E-state index contributed by atoms with van der Waals surface area (Å²) in [6.07, 6.45) is 1.02. The molecule has 1 rings (SSSR count). The fraction of sp³-hybridized carbons (Fsp3) is 0.538. The molecular weight excluding hydrogens is 214 g/mol. The van der Waals surface area contributed by atoms with Crippen LogP contribution in [0.1, 0.15) is 31.7 Å². The lowest BCUT2D eigenvalue weighted by Crippen LogP contribution is -2.37. The molecule has 2 N–H and O–H groups in total. The van der Waals surface area contributed by atoms with Crippen LogP contribution >= 0.6 is 0 Å². The molecular formula is C13H21N3O. The quantitative estimate of drug-likeness (QED) is 0.783. The van der Waals surface area contributed by atoms with Crippen LogP contribution in [-0.2, 0) is 11.3 Å². The summed E-state index contributed by atoms with van der Waals surface area (Å²) in [5, 5.41) is 5.99. The molecule has 0 aliphatic rings. The second-order valence-electron chi connectivity index (χ2n) is 4.24. The summed E-state index contributed by atoms with van der Waals surface area (Å²) in [5.41, 5.74) is 1.86. The summed E-state index contributed by atoms with van der Waals surface area (Å²) in [5.74, 6) is 0.00797. The van der Waals surface area contributed by atoms with Crippen LogP contribution < -0.4 is 10.6 Å². The van der Waals surface area contributed by atoms with E-state index in [0.717, 1.165) is 17.8 Å². The molecule has 94 valence electrons. The van der Waals surface area contributed by atoms with E-state index >= 15 is 0 Å². The molecule has 1 unspecified atom stereocenters. The third-order valence-corrected chi connectivity index (χ3v) is 2.64. The highest BCUT2D eigenvalue weighted by Gasteiger charge is 2.04. The van der Waals surface area contributed by atoms with Gasteiger partial charge in [-0.05, 0) is 32.4 Å². The second-order valence-corrected chi connectivity index (χ2v) is 4.24. The molecule has 1 amide bonds. The van der Waals surface area contributed by atoms with Crippen LogP contribution in [0, 0.1) is 6.92 Å². The highest BCUT2D eigenvalue weighted by atomic mass is 16.1. The molecule has 0 radical (unpaired) electrons. The Morgan fingerprint density at radius 1 is 1.47 bits per heavy atom. The van der Waals surface area contributed by atoms with Gasteiger partial charge in [-0.25, -0.2) is 0 Å². The van der Waals surface area contributed by atoms with Gasteiger partial charge >= 0.3 is 0 Å². The Balaban J connectivity index is 2.28. The van der Waals surface area contributed by atoms with E-state index in [9.17, 15) is 4.79 Å². The first kappa shape index (κ1) is 13.6. The minimum atomic E-state index is 0.00797. The van der Waals surface area contributed by atoms with Crippen LogP contribution in [0.4, 0.5) is 0 Å². The van der Waals surface area contributed by atoms with Crippen molar-refractivity contribution >= 4 is 5.91 Å². The Hall–Kier alpha value is -1.42. The molecule has 1 aromatic rings. The molecule has 0 saturated carbocycles. The van der Waals surface area contributed by atoms with Crippen molar-refractivity contribution in [1.29, 1.82) is 0 Å². The van der Waals surface area contributed by atoms with E-state index in [1.54, 1.807) is 0 Å². The van der Waals surface area contributed by atoms with Gasteiger partial charge in [0.15, 0.2) is 0 Å². The summed E-state index contributed by atoms with van der Waals surface area (Å²) >= 11 is 0. The van der Waals surface area contributed by atoms with Gasteiger partial charge in [-0.3, -0.25) is 9.78 Å². The number of carbonyl (C=O) groups excluding carboxylic acids is 1. The predicted octanol–water partition coefficient (Wildman–Crippen LogP) is 1.39. The van der Waals surface area contributed by atoms with Gasteiger partial charge in [-0.2, -0.15) is 0 Å². The number of carbonyl (C=O) groups is 1. The number of pyridine rings is 1. The fourth-order valence-corrected chi connectivity index (χ4v) is 1.36. The first-order chi connectivity index (χ1) is 8.11. The van der Waals surface area contributed by atoms with Crippen molar-refractivity contribution in [3.63, 3.8) is 0 Å². The van der Waals surface area contributed by atoms with E-state index in [1.165, 1.54) is 0 Å². The van der Waals surface area contributed by atoms with E-state index < -0.39 is 0 Å². The average molecular weight is 235 g/mol. The summed E-state index contributed by atoms with van der Waals surface area (Å²) in [7, 11) is 0. The average Bonchev–Trinajstić information content (AvgIpc) is 2.33. The van der Waals surface area contributed by atoms with Gasteiger partial charge in [-0.1, -0.05) is 13.0 Å². The zero-order valence-corrected chi connectivity index (χ0v) is 10.8. The molecule has 1 atom stereocenters. The predicted molar refractivity (Wildman–Crippen MR) is 68.6 cm³/mol. The molecule has 17 heavy (non-hydrogen) atoms. The molecule has 0 bridgehead atoms. The van der Waals surface area contributed by atoms with Crippen molar-refractivity contribution in [1.82, 2.24) is 15.6 Å². The van der Waals surface area contributed by atoms with Crippen LogP contribution in [-0.4, -0.2) is 23.5 Å². The number of nitrogens with one attached hydrogen (secondary N) is 2. The van der Waals surface area contributed by atoms with E-state index in [1.807, 2.05) is 25.1 Å². The van der Waals surface area contributed by atoms with Crippen molar-refractivity contribution in [3.8, 4) is 0 Å². The molecule has 4 nitrogen and oxygen atoms in total. The monoisotopic (exact) mass is 235 g/mol. The van der Waals surface area contributed by atoms with Crippen molar-refractivity contribution in [2.45, 2.75) is 39.8 Å². The molecule has 0 aliphatic heterocycles. The van der Waals surface area contributed by atoms with E-state index in [2.05, 4.69) is 29.5 Å². The SMILES string of the molecule is CCC(C)NCC(=O)NCc1cccc(C)n1. The van der Waals surface area contributed by atoms with Gasteiger partial charge in [0.2, 0.25) is 5.91 Å². The van der Waals surface area contributed by atoms with Gasteiger partial charge in [-0.15, -0.1) is 0 Å². The smallest absolute Gasteiger partial charge is 0.234 e. The number of hydrogen-bond acceptors (Lipinski definition) is 3. The minimum absolute atomic E-state index is 0.00797. The first-order valence-electron chi connectivity index (χ1n) is 6.04. The Labute approximate surface area is 103 Å². The zero-order chi connectivity index (χ0) is 12.7. The van der Waals surface area contributed by atoms with Gasteiger partial charge in [0, 0.05) is 11.7 Å². The maximum atomic E-state index is 11.5.